The number of aliphatic carboxylic acids is 1. The Labute approximate surface area is 156 Å². The highest BCUT2D eigenvalue weighted by molar-refractivity contribution is 7.70. The molecule has 1 saturated heterocycles. The first kappa shape index (κ1) is 21.2. The molecule has 0 aliphatic carbocycles. The Morgan fingerprint density at radius 3 is 2.41 bits per heavy atom. The molecular weight excluding hydrogens is 386 g/mol. The molecule has 1 heterocycles. The van der Waals surface area contributed by atoms with Gasteiger partial charge in [-0.1, -0.05) is 0 Å². The molecule has 0 bridgehead atoms. The topological polar surface area (TPSA) is 113 Å². The van der Waals surface area contributed by atoms with Crippen LogP contribution in [0.2, 0.25) is 0 Å². The van der Waals surface area contributed by atoms with Gasteiger partial charge in [-0.05, 0) is 25.0 Å². The number of nitrogens with one attached hydrogen (secondary N) is 1. The van der Waals surface area contributed by atoms with Gasteiger partial charge in [0.25, 0.3) is 0 Å². The third-order valence-electron chi connectivity index (χ3n) is 4.51. The van der Waals surface area contributed by atoms with Crippen LogP contribution in [0, 0.1) is 11.6 Å². The van der Waals surface area contributed by atoms with Crippen molar-refractivity contribution in [3.05, 3.63) is 34.9 Å². The number of carbonyl (C=O) groups is 2. The van der Waals surface area contributed by atoms with Gasteiger partial charge in [0.1, 0.15) is 23.8 Å². The van der Waals surface area contributed by atoms with Crippen LogP contribution in [0.4, 0.5) is 8.78 Å². The molecule has 1 aromatic rings. The van der Waals surface area contributed by atoms with E-state index in [1.165, 1.54) is 11.8 Å². The molecule has 2 N–H and O–H groups in total. The molecule has 0 saturated carbocycles. The SMILES string of the molecule is CC(=O)N1CCC(OCC(=O)O)(c2cc(F)c(CN[SH](=O)=O)cc2F)CC1. The fourth-order valence-corrected chi connectivity index (χ4v) is 3.40. The number of ether oxygens (including phenoxy) is 1. The Balaban J connectivity index is 2.36. The van der Waals surface area contributed by atoms with Crippen LogP contribution in [0.15, 0.2) is 12.1 Å². The maximum atomic E-state index is 14.7. The van der Waals surface area contributed by atoms with Crippen molar-refractivity contribution in [2.24, 2.45) is 0 Å². The quantitative estimate of drug-likeness (QED) is 0.569. The maximum absolute atomic E-state index is 14.7. The minimum Gasteiger partial charge on any atom is -0.480 e. The van der Waals surface area contributed by atoms with E-state index >= 15 is 0 Å². The van der Waals surface area contributed by atoms with Crippen LogP contribution in [0.1, 0.15) is 30.9 Å². The van der Waals surface area contributed by atoms with Gasteiger partial charge < -0.3 is 14.7 Å². The van der Waals surface area contributed by atoms with Crippen molar-refractivity contribution in [1.29, 1.82) is 0 Å². The Kier molecular flexibility index (Phi) is 6.84. The van der Waals surface area contributed by atoms with E-state index in [-0.39, 0.29) is 43.0 Å². The van der Waals surface area contributed by atoms with Crippen molar-refractivity contribution in [3.8, 4) is 0 Å². The molecule has 27 heavy (non-hydrogen) atoms. The fourth-order valence-electron chi connectivity index (χ4n) is 3.10. The van der Waals surface area contributed by atoms with Gasteiger partial charge in [0, 0.05) is 37.7 Å². The molecule has 1 aliphatic heterocycles. The standard InChI is InChI=1S/C16H20F2N2O6S/c1-10(21)20-4-2-16(3-5-20,26-9-15(22)23)12-7-13(17)11(6-14(12)18)8-19-27(24)25/h6-7,27H,2-5,8-9H2,1H3,(H,22,23)(H,19,24,25). The van der Waals surface area contributed by atoms with Crippen molar-refractivity contribution < 1.29 is 36.6 Å². The molecule has 1 amide bonds. The molecule has 0 radical (unpaired) electrons. The molecule has 0 atom stereocenters. The summed E-state index contributed by atoms with van der Waals surface area (Å²) in [6.45, 7) is 0.671. The zero-order valence-corrected chi connectivity index (χ0v) is 15.4. The Bertz CT molecular complexity index is 798. The number of amides is 1. The van der Waals surface area contributed by atoms with Gasteiger partial charge in [0.05, 0.1) is 0 Å². The number of rotatable bonds is 7. The molecule has 0 unspecified atom stereocenters. The second kappa shape index (κ2) is 8.72. The lowest BCUT2D eigenvalue weighted by atomic mass is 9.83. The number of thiol groups is 1. The molecule has 0 aromatic heterocycles. The summed E-state index contributed by atoms with van der Waals surface area (Å²) in [4.78, 5) is 23.9. The molecule has 150 valence electrons. The molecule has 2 rings (SSSR count). The van der Waals surface area contributed by atoms with Crippen molar-refractivity contribution in [3.63, 3.8) is 0 Å². The van der Waals surface area contributed by atoms with Gasteiger partial charge >= 0.3 is 5.97 Å². The number of nitrogens with zero attached hydrogens (tertiary/aromatic N) is 1. The highest BCUT2D eigenvalue weighted by Gasteiger charge is 2.41. The summed E-state index contributed by atoms with van der Waals surface area (Å²) >= 11 is 0. The van der Waals surface area contributed by atoms with Crippen LogP contribution in [0.3, 0.4) is 0 Å². The van der Waals surface area contributed by atoms with E-state index in [0.717, 1.165) is 12.1 Å². The van der Waals surface area contributed by atoms with Gasteiger partial charge in [-0.25, -0.2) is 26.7 Å². The third-order valence-corrected chi connectivity index (χ3v) is 4.93. The van der Waals surface area contributed by atoms with Crippen molar-refractivity contribution in [1.82, 2.24) is 9.62 Å². The lowest BCUT2D eigenvalue weighted by Gasteiger charge is -2.41. The van der Waals surface area contributed by atoms with Crippen LogP contribution in [0.25, 0.3) is 0 Å². The second-order valence-corrected chi connectivity index (χ2v) is 7.03. The van der Waals surface area contributed by atoms with E-state index in [1.807, 2.05) is 4.72 Å². The van der Waals surface area contributed by atoms with Gasteiger partial charge in [-0.3, -0.25) is 4.79 Å². The minimum atomic E-state index is -2.97. The van der Waals surface area contributed by atoms with Gasteiger partial charge in [-0.2, -0.15) is 0 Å². The van der Waals surface area contributed by atoms with Crippen molar-refractivity contribution in [2.45, 2.75) is 31.9 Å². The average Bonchev–Trinajstić information content (AvgIpc) is 2.60. The number of benzene rings is 1. The fraction of sp³-hybridized carbons (Fsp3) is 0.500. The first-order valence-corrected chi connectivity index (χ1v) is 9.30. The smallest absolute Gasteiger partial charge is 0.329 e. The number of carboxylic acids is 1. The van der Waals surface area contributed by atoms with Crippen molar-refractivity contribution >= 4 is 22.8 Å². The predicted molar refractivity (Wildman–Crippen MR) is 90.3 cm³/mol. The van der Waals surface area contributed by atoms with Crippen LogP contribution in [0.5, 0.6) is 0 Å². The van der Waals surface area contributed by atoms with E-state index in [0.29, 0.717) is 0 Å². The molecule has 0 spiro atoms. The Hall–Kier alpha value is -2.11. The van der Waals surface area contributed by atoms with E-state index in [4.69, 9.17) is 9.84 Å². The molecule has 1 fully saturated rings. The van der Waals surface area contributed by atoms with Crippen molar-refractivity contribution in [2.75, 3.05) is 19.7 Å². The minimum absolute atomic E-state index is 0.0975. The number of hydrogen-bond donors (Lipinski definition) is 3. The van der Waals surface area contributed by atoms with Crippen LogP contribution in [-0.4, -0.2) is 50.0 Å². The van der Waals surface area contributed by atoms with E-state index < -0.39 is 47.2 Å². The molecule has 1 aromatic carbocycles. The number of piperidine rings is 1. The first-order valence-electron chi connectivity index (χ1n) is 8.12. The van der Waals surface area contributed by atoms with E-state index in [9.17, 15) is 26.8 Å². The van der Waals surface area contributed by atoms with Crippen LogP contribution >= 0.6 is 0 Å². The normalized spacial score (nSPS) is 16.5. The number of carboxylic acid groups (broad SMARTS) is 1. The largest absolute Gasteiger partial charge is 0.480 e. The average molecular weight is 406 g/mol. The van der Waals surface area contributed by atoms with Gasteiger partial charge in [0.2, 0.25) is 16.8 Å². The zero-order chi connectivity index (χ0) is 20.2. The number of likely N-dealkylation sites (tertiary alicyclic amines) is 1. The third kappa shape index (κ3) is 5.21. The Morgan fingerprint density at radius 1 is 1.26 bits per heavy atom. The van der Waals surface area contributed by atoms with Gasteiger partial charge in [-0.15, -0.1) is 0 Å². The number of hydrogen-bond acceptors (Lipinski definition) is 5. The summed E-state index contributed by atoms with van der Waals surface area (Å²) in [7, 11) is -2.97. The summed E-state index contributed by atoms with van der Waals surface area (Å²) < 4.78 is 57.7. The maximum Gasteiger partial charge on any atom is 0.329 e. The van der Waals surface area contributed by atoms with E-state index in [1.54, 1.807) is 0 Å². The highest BCUT2D eigenvalue weighted by atomic mass is 32.2. The first-order chi connectivity index (χ1) is 12.6. The summed E-state index contributed by atoms with van der Waals surface area (Å²) in [5.41, 5.74) is -1.74. The monoisotopic (exact) mass is 406 g/mol. The Morgan fingerprint density at radius 2 is 1.89 bits per heavy atom. The zero-order valence-electron chi connectivity index (χ0n) is 14.5. The summed E-state index contributed by atoms with van der Waals surface area (Å²) in [6.07, 6.45) is 0.195. The molecule has 11 heteroatoms. The summed E-state index contributed by atoms with van der Waals surface area (Å²) in [5, 5.41) is 8.91. The van der Waals surface area contributed by atoms with Gasteiger partial charge in [0.15, 0.2) is 0 Å². The molecule has 8 nitrogen and oxygen atoms in total. The lowest BCUT2D eigenvalue weighted by molar-refractivity contribution is -0.158. The van der Waals surface area contributed by atoms with Crippen LogP contribution < -0.4 is 4.72 Å². The van der Waals surface area contributed by atoms with E-state index in [2.05, 4.69) is 0 Å². The molecular formula is C16H20F2N2O6S. The highest BCUT2D eigenvalue weighted by Crippen LogP contribution is 2.39. The predicted octanol–water partition coefficient (Wildman–Crippen LogP) is 0.520. The lowest BCUT2D eigenvalue weighted by Crippen LogP contribution is -2.47. The number of carbonyl (C=O) groups excluding carboxylic acids is 1. The second-order valence-electron chi connectivity index (χ2n) is 6.20. The molecule has 1 aliphatic rings. The summed E-state index contributed by atoms with van der Waals surface area (Å²) in [6, 6.07) is 1.76. The summed E-state index contributed by atoms with van der Waals surface area (Å²) in [5.74, 6) is -3.12. The van der Waals surface area contributed by atoms with Crippen LogP contribution in [-0.2, 0) is 37.4 Å². The number of halogens is 2.